The van der Waals surface area contributed by atoms with Crippen LogP contribution in [0.1, 0.15) is 36.0 Å². The van der Waals surface area contributed by atoms with Crippen LogP contribution in [0.3, 0.4) is 0 Å². The first kappa shape index (κ1) is 21.6. The molecule has 0 unspecified atom stereocenters. The van der Waals surface area contributed by atoms with Crippen LogP contribution in [0.4, 0.5) is 14.5 Å². The molecule has 1 aliphatic heterocycles. The zero-order chi connectivity index (χ0) is 21.0. The molecule has 1 amide bonds. The maximum Gasteiger partial charge on any atom is 0.261 e. The normalized spacial score (nSPS) is 15.1. The highest BCUT2D eigenvalue weighted by Gasteiger charge is 2.23. The summed E-state index contributed by atoms with van der Waals surface area (Å²) in [5.74, 6) is -2.41. The second-order valence-electron chi connectivity index (χ2n) is 6.80. The standard InChI is InChI=1S/C20H22F2N2O3S2/c1-28-19-9-7-15(13-16(19)20(25)24-10-4-2-3-5-11-24)29(26,27)23-14-6-8-17(21)18(22)12-14/h6-9,12-13,23H,2-5,10-11H2,1H3. The minimum absolute atomic E-state index is 0.0989. The van der Waals surface area contributed by atoms with E-state index in [1.807, 2.05) is 6.26 Å². The van der Waals surface area contributed by atoms with Crippen molar-refractivity contribution in [3.8, 4) is 0 Å². The molecule has 3 rings (SSSR count). The Morgan fingerprint density at radius 2 is 1.69 bits per heavy atom. The Labute approximate surface area is 173 Å². The van der Waals surface area contributed by atoms with E-state index in [-0.39, 0.29) is 16.5 Å². The van der Waals surface area contributed by atoms with Gasteiger partial charge in [0, 0.05) is 24.1 Å². The van der Waals surface area contributed by atoms with E-state index < -0.39 is 21.7 Å². The van der Waals surface area contributed by atoms with Crippen molar-refractivity contribution in [2.24, 2.45) is 0 Å². The van der Waals surface area contributed by atoms with E-state index in [0.717, 1.165) is 43.9 Å². The van der Waals surface area contributed by atoms with Crippen LogP contribution in [0.2, 0.25) is 0 Å². The molecular formula is C20H22F2N2O3S2. The molecular weight excluding hydrogens is 418 g/mol. The fourth-order valence-electron chi connectivity index (χ4n) is 3.24. The van der Waals surface area contributed by atoms with Gasteiger partial charge < -0.3 is 4.90 Å². The topological polar surface area (TPSA) is 66.5 Å². The average Bonchev–Trinajstić information content (AvgIpc) is 2.99. The van der Waals surface area contributed by atoms with Gasteiger partial charge in [-0.05, 0) is 49.4 Å². The maximum absolute atomic E-state index is 13.4. The van der Waals surface area contributed by atoms with E-state index >= 15 is 0 Å². The molecule has 1 saturated heterocycles. The third-order valence-corrected chi connectivity index (χ3v) is 6.95. The largest absolute Gasteiger partial charge is 0.339 e. The van der Waals surface area contributed by atoms with Crippen molar-refractivity contribution in [3.63, 3.8) is 0 Å². The number of halogens is 2. The maximum atomic E-state index is 13.4. The zero-order valence-electron chi connectivity index (χ0n) is 16.0. The number of carbonyl (C=O) groups is 1. The number of rotatable bonds is 5. The molecule has 2 aromatic carbocycles. The molecule has 0 bridgehead atoms. The summed E-state index contributed by atoms with van der Waals surface area (Å²) < 4.78 is 54.2. The Morgan fingerprint density at radius 3 is 2.31 bits per heavy atom. The molecule has 0 radical (unpaired) electrons. The predicted octanol–water partition coefficient (Wildman–Crippen LogP) is 4.50. The molecule has 0 saturated carbocycles. The summed E-state index contributed by atoms with van der Waals surface area (Å²) in [5.41, 5.74) is 0.228. The van der Waals surface area contributed by atoms with Gasteiger partial charge in [0.15, 0.2) is 11.6 Å². The van der Waals surface area contributed by atoms with Crippen molar-refractivity contribution in [1.82, 2.24) is 4.90 Å². The highest BCUT2D eigenvalue weighted by Crippen LogP contribution is 2.27. The number of thioether (sulfide) groups is 1. The molecule has 0 spiro atoms. The number of nitrogens with zero attached hydrogens (tertiary/aromatic N) is 1. The number of hydrogen-bond donors (Lipinski definition) is 1. The predicted molar refractivity (Wildman–Crippen MR) is 110 cm³/mol. The smallest absolute Gasteiger partial charge is 0.261 e. The lowest BCUT2D eigenvalue weighted by molar-refractivity contribution is 0.0758. The molecule has 0 aliphatic carbocycles. The SMILES string of the molecule is CSc1ccc(S(=O)(=O)Nc2ccc(F)c(F)c2)cc1C(=O)N1CCCCCC1. The molecule has 9 heteroatoms. The fourth-order valence-corrected chi connectivity index (χ4v) is 4.88. The van der Waals surface area contributed by atoms with Gasteiger partial charge in [-0.25, -0.2) is 17.2 Å². The summed E-state index contributed by atoms with van der Waals surface area (Å²) in [7, 11) is -4.08. The average molecular weight is 441 g/mol. The Morgan fingerprint density at radius 1 is 1.00 bits per heavy atom. The van der Waals surface area contributed by atoms with Crippen LogP contribution in [0.15, 0.2) is 46.2 Å². The lowest BCUT2D eigenvalue weighted by Crippen LogP contribution is -2.32. The summed E-state index contributed by atoms with van der Waals surface area (Å²) in [6.07, 6.45) is 5.83. The number of benzene rings is 2. The van der Waals surface area contributed by atoms with Crippen LogP contribution >= 0.6 is 11.8 Å². The molecule has 0 aromatic heterocycles. The monoisotopic (exact) mass is 440 g/mol. The Hall–Kier alpha value is -2.13. The third kappa shape index (κ3) is 5.08. The number of hydrogen-bond acceptors (Lipinski definition) is 4. The van der Waals surface area contributed by atoms with Gasteiger partial charge in [0.2, 0.25) is 0 Å². The first-order chi connectivity index (χ1) is 13.8. The van der Waals surface area contributed by atoms with Gasteiger partial charge in [-0.15, -0.1) is 11.8 Å². The molecule has 1 aliphatic rings. The highest BCUT2D eigenvalue weighted by atomic mass is 32.2. The Balaban J connectivity index is 1.92. The summed E-state index contributed by atoms with van der Waals surface area (Å²) in [4.78, 5) is 15.4. The zero-order valence-corrected chi connectivity index (χ0v) is 17.6. The second kappa shape index (κ2) is 9.13. The van der Waals surface area contributed by atoms with E-state index in [4.69, 9.17) is 0 Å². The first-order valence-corrected chi connectivity index (χ1v) is 12.0. The molecule has 156 valence electrons. The van der Waals surface area contributed by atoms with Crippen LogP contribution in [-0.4, -0.2) is 38.6 Å². The number of amides is 1. The second-order valence-corrected chi connectivity index (χ2v) is 9.33. The van der Waals surface area contributed by atoms with Crippen LogP contribution in [0, 0.1) is 11.6 Å². The lowest BCUT2D eigenvalue weighted by Gasteiger charge is -2.22. The molecule has 1 heterocycles. The molecule has 0 atom stereocenters. The highest BCUT2D eigenvalue weighted by molar-refractivity contribution is 7.98. The summed E-state index contributed by atoms with van der Waals surface area (Å²) in [6.45, 7) is 1.30. The Kier molecular flexibility index (Phi) is 6.79. The number of sulfonamides is 1. The summed E-state index contributed by atoms with van der Waals surface area (Å²) in [5, 5.41) is 0. The van der Waals surface area contributed by atoms with Gasteiger partial charge in [0.25, 0.3) is 15.9 Å². The lowest BCUT2D eigenvalue weighted by atomic mass is 10.2. The van der Waals surface area contributed by atoms with Crippen LogP contribution in [0.25, 0.3) is 0 Å². The van der Waals surface area contributed by atoms with Gasteiger partial charge >= 0.3 is 0 Å². The fraction of sp³-hybridized carbons (Fsp3) is 0.350. The number of anilines is 1. The minimum Gasteiger partial charge on any atom is -0.339 e. The van der Waals surface area contributed by atoms with Gasteiger partial charge in [0.05, 0.1) is 16.1 Å². The van der Waals surface area contributed by atoms with Crippen LogP contribution in [0.5, 0.6) is 0 Å². The number of carbonyl (C=O) groups excluding carboxylic acids is 1. The molecule has 1 N–H and O–H groups in total. The van der Waals surface area contributed by atoms with Gasteiger partial charge in [-0.3, -0.25) is 9.52 Å². The van der Waals surface area contributed by atoms with Crippen LogP contribution < -0.4 is 4.72 Å². The van der Waals surface area contributed by atoms with E-state index in [1.54, 1.807) is 11.0 Å². The van der Waals surface area contributed by atoms with Gasteiger partial charge in [0.1, 0.15) is 0 Å². The summed E-state index contributed by atoms with van der Waals surface area (Å²) in [6, 6.07) is 7.09. The third-order valence-electron chi connectivity index (χ3n) is 4.78. The first-order valence-electron chi connectivity index (χ1n) is 9.27. The van der Waals surface area contributed by atoms with Crippen molar-refractivity contribution in [3.05, 3.63) is 53.6 Å². The van der Waals surface area contributed by atoms with Crippen molar-refractivity contribution < 1.29 is 22.0 Å². The van der Waals surface area contributed by atoms with E-state index in [0.29, 0.717) is 23.5 Å². The van der Waals surface area contributed by atoms with Gasteiger partial charge in [-0.2, -0.15) is 0 Å². The van der Waals surface area contributed by atoms with Crippen molar-refractivity contribution in [2.75, 3.05) is 24.1 Å². The van der Waals surface area contributed by atoms with E-state index in [2.05, 4.69) is 4.72 Å². The molecule has 29 heavy (non-hydrogen) atoms. The number of nitrogens with one attached hydrogen (secondary N) is 1. The van der Waals surface area contributed by atoms with E-state index in [9.17, 15) is 22.0 Å². The van der Waals surface area contributed by atoms with E-state index in [1.165, 1.54) is 23.9 Å². The van der Waals surface area contributed by atoms with Crippen molar-refractivity contribution in [2.45, 2.75) is 35.5 Å². The Bertz CT molecular complexity index is 1000. The van der Waals surface area contributed by atoms with Crippen LogP contribution in [-0.2, 0) is 10.0 Å². The number of likely N-dealkylation sites (tertiary alicyclic amines) is 1. The summed E-state index contributed by atoms with van der Waals surface area (Å²) >= 11 is 1.37. The quantitative estimate of drug-likeness (QED) is 0.695. The van der Waals surface area contributed by atoms with Crippen molar-refractivity contribution >= 4 is 33.4 Å². The van der Waals surface area contributed by atoms with Crippen molar-refractivity contribution in [1.29, 1.82) is 0 Å². The molecule has 1 fully saturated rings. The molecule has 2 aromatic rings. The minimum atomic E-state index is -4.08. The van der Waals surface area contributed by atoms with Gasteiger partial charge in [-0.1, -0.05) is 12.8 Å². The molecule has 5 nitrogen and oxygen atoms in total.